The van der Waals surface area contributed by atoms with Crippen LogP contribution in [0.2, 0.25) is 0 Å². The molecule has 2 aliphatic rings. The summed E-state index contributed by atoms with van der Waals surface area (Å²) >= 11 is 0. The number of nitrogens with zero attached hydrogens (tertiary/aromatic N) is 2. The topological polar surface area (TPSA) is 50.5 Å². The van der Waals surface area contributed by atoms with E-state index in [1.807, 2.05) is 13.8 Å². The molecule has 3 heterocycles. The number of rotatable bonds is 4. The monoisotopic (exact) mass is 265 g/mol. The molecule has 106 valence electrons. The average Bonchev–Trinajstić information content (AvgIpc) is 2.96. The van der Waals surface area contributed by atoms with Crippen molar-refractivity contribution in [3.8, 4) is 0 Å². The van der Waals surface area contributed by atoms with Gasteiger partial charge in [-0.15, -0.1) is 0 Å². The molecule has 19 heavy (non-hydrogen) atoms. The normalized spacial score (nSPS) is 27.7. The molecular formula is C14H23N3O2. The van der Waals surface area contributed by atoms with E-state index >= 15 is 0 Å². The lowest BCUT2D eigenvalue weighted by Crippen LogP contribution is -2.49. The van der Waals surface area contributed by atoms with Crippen LogP contribution in [0.15, 0.2) is 4.42 Å². The highest BCUT2D eigenvalue weighted by atomic mass is 16.5. The van der Waals surface area contributed by atoms with Crippen LogP contribution < -0.4 is 5.32 Å². The van der Waals surface area contributed by atoms with E-state index in [9.17, 15) is 0 Å². The summed E-state index contributed by atoms with van der Waals surface area (Å²) in [4.78, 5) is 6.93. The first-order valence-electron chi connectivity index (χ1n) is 7.21. The number of aromatic nitrogens is 1. The molecule has 0 aliphatic carbocycles. The van der Waals surface area contributed by atoms with Gasteiger partial charge in [-0.1, -0.05) is 0 Å². The van der Waals surface area contributed by atoms with Crippen molar-refractivity contribution in [1.29, 1.82) is 0 Å². The fourth-order valence-corrected chi connectivity index (χ4v) is 2.96. The Morgan fingerprint density at radius 2 is 2.32 bits per heavy atom. The van der Waals surface area contributed by atoms with Crippen molar-refractivity contribution in [3.63, 3.8) is 0 Å². The van der Waals surface area contributed by atoms with E-state index in [2.05, 4.69) is 15.2 Å². The van der Waals surface area contributed by atoms with Gasteiger partial charge in [-0.2, -0.15) is 0 Å². The maximum absolute atomic E-state index is 5.90. The van der Waals surface area contributed by atoms with Crippen molar-refractivity contribution in [1.82, 2.24) is 15.2 Å². The molecule has 0 amide bonds. The molecule has 1 N–H and O–H groups in total. The maximum atomic E-state index is 5.90. The highest BCUT2D eigenvalue weighted by Crippen LogP contribution is 2.22. The summed E-state index contributed by atoms with van der Waals surface area (Å²) < 4.78 is 11.5. The molecule has 0 bridgehead atoms. The lowest BCUT2D eigenvalue weighted by molar-refractivity contribution is -0.0471. The summed E-state index contributed by atoms with van der Waals surface area (Å²) in [5, 5.41) is 3.38. The van der Waals surface area contributed by atoms with Crippen molar-refractivity contribution in [2.45, 2.75) is 45.4 Å². The van der Waals surface area contributed by atoms with Gasteiger partial charge in [0.15, 0.2) is 0 Å². The fourth-order valence-electron chi connectivity index (χ4n) is 2.96. The van der Waals surface area contributed by atoms with Gasteiger partial charge in [0.1, 0.15) is 5.76 Å². The summed E-state index contributed by atoms with van der Waals surface area (Å²) in [5.41, 5.74) is 0.977. The molecule has 1 aromatic heterocycles. The smallest absolute Gasteiger partial charge is 0.208 e. The zero-order valence-electron chi connectivity index (χ0n) is 11.8. The second-order valence-corrected chi connectivity index (χ2v) is 5.63. The molecular weight excluding hydrogens is 242 g/mol. The zero-order valence-corrected chi connectivity index (χ0v) is 11.8. The van der Waals surface area contributed by atoms with Crippen molar-refractivity contribution in [2.24, 2.45) is 0 Å². The van der Waals surface area contributed by atoms with Crippen LogP contribution in [0.5, 0.6) is 0 Å². The van der Waals surface area contributed by atoms with Gasteiger partial charge >= 0.3 is 0 Å². The first kappa shape index (κ1) is 13.1. The highest BCUT2D eigenvalue weighted by Gasteiger charge is 2.31. The summed E-state index contributed by atoms with van der Waals surface area (Å²) in [6.45, 7) is 8.65. The minimum Gasteiger partial charge on any atom is -0.444 e. The Morgan fingerprint density at radius 3 is 3.11 bits per heavy atom. The van der Waals surface area contributed by atoms with Crippen LogP contribution in [-0.2, 0) is 11.3 Å². The molecule has 0 radical (unpaired) electrons. The number of fused-ring (bicyclic) bond motifs is 1. The number of hydrogen-bond donors (Lipinski definition) is 1. The van der Waals surface area contributed by atoms with E-state index in [0.29, 0.717) is 18.7 Å². The second-order valence-electron chi connectivity index (χ2n) is 5.63. The Kier molecular flexibility index (Phi) is 3.86. The van der Waals surface area contributed by atoms with Crippen LogP contribution in [0.3, 0.4) is 0 Å². The van der Waals surface area contributed by atoms with Gasteiger partial charge in [0.05, 0.1) is 24.9 Å². The third kappa shape index (κ3) is 2.99. The van der Waals surface area contributed by atoms with E-state index in [-0.39, 0.29) is 0 Å². The molecule has 0 aromatic carbocycles. The molecule has 0 spiro atoms. The zero-order chi connectivity index (χ0) is 13.2. The van der Waals surface area contributed by atoms with Crippen LogP contribution in [0.1, 0.15) is 30.2 Å². The predicted octanol–water partition coefficient (Wildman–Crippen LogP) is 1.24. The summed E-state index contributed by atoms with van der Waals surface area (Å²) in [6.07, 6.45) is 2.92. The molecule has 1 aromatic rings. The quantitative estimate of drug-likeness (QED) is 0.888. The van der Waals surface area contributed by atoms with Crippen LogP contribution >= 0.6 is 0 Å². The first-order valence-corrected chi connectivity index (χ1v) is 7.21. The molecule has 2 atom stereocenters. The lowest BCUT2D eigenvalue weighted by Gasteiger charge is -2.35. The molecule has 2 fully saturated rings. The standard InChI is InChI=1S/C14H23N3O2/c1-10-11(2)19-14(16-10)7-15-6-13-8-17-5-3-4-12(17)9-18-13/h12-13,15H,3-9H2,1-2H3. The summed E-state index contributed by atoms with van der Waals surface area (Å²) in [7, 11) is 0. The second kappa shape index (κ2) is 5.61. The van der Waals surface area contributed by atoms with Gasteiger partial charge in [0, 0.05) is 19.1 Å². The number of oxazole rings is 1. The first-order chi connectivity index (χ1) is 9.22. The van der Waals surface area contributed by atoms with Gasteiger partial charge in [0.2, 0.25) is 5.89 Å². The van der Waals surface area contributed by atoms with Crippen LogP contribution in [0, 0.1) is 13.8 Å². The molecule has 2 aliphatic heterocycles. The largest absolute Gasteiger partial charge is 0.444 e. The molecule has 5 heteroatoms. The van der Waals surface area contributed by atoms with E-state index in [1.54, 1.807) is 0 Å². The van der Waals surface area contributed by atoms with Crippen molar-refractivity contribution in [2.75, 3.05) is 26.2 Å². The number of aryl methyl sites for hydroxylation is 2. The van der Waals surface area contributed by atoms with Crippen molar-refractivity contribution >= 4 is 0 Å². The van der Waals surface area contributed by atoms with Crippen molar-refractivity contribution in [3.05, 3.63) is 17.3 Å². The Morgan fingerprint density at radius 1 is 1.42 bits per heavy atom. The van der Waals surface area contributed by atoms with Gasteiger partial charge < -0.3 is 14.5 Å². The van der Waals surface area contributed by atoms with E-state index < -0.39 is 0 Å². The van der Waals surface area contributed by atoms with Gasteiger partial charge in [-0.3, -0.25) is 4.90 Å². The minimum atomic E-state index is 0.298. The van der Waals surface area contributed by atoms with E-state index in [0.717, 1.165) is 37.0 Å². The van der Waals surface area contributed by atoms with E-state index in [1.165, 1.54) is 19.4 Å². The van der Waals surface area contributed by atoms with Crippen LogP contribution in [-0.4, -0.2) is 48.3 Å². The molecule has 0 saturated carbocycles. The number of nitrogens with one attached hydrogen (secondary N) is 1. The average molecular weight is 265 g/mol. The summed E-state index contributed by atoms with van der Waals surface area (Å²) in [5.74, 6) is 1.68. The minimum absolute atomic E-state index is 0.298. The molecule has 3 rings (SSSR count). The summed E-state index contributed by atoms with van der Waals surface area (Å²) in [6, 6.07) is 0.674. The highest BCUT2D eigenvalue weighted by molar-refractivity contribution is 5.05. The predicted molar refractivity (Wildman–Crippen MR) is 72.0 cm³/mol. The van der Waals surface area contributed by atoms with Crippen LogP contribution in [0.4, 0.5) is 0 Å². The molecule has 5 nitrogen and oxygen atoms in total. The lowest BCUT2D eigenvalue weighted by atomic mass is 10.2. The Balaban J connectivity index is 1.42. The van der Waals surface area contributed by atoms with Crippen LogP contribution in [0.25, 0.3) is 0 Å². The Bertz CT molecular complexity index is 413. The molecule has 2 saturated heterocycles. The number of hydrogen-bond acceptors (Lipinski definition) is 5. The third-order valence-corrected chi connectivity index (χ3v) is 4.18. The SMILES string of the molecule is Cc1nc(CNCC2CN3CCCC3CO2)oc1C. The fraction of sp³-hybridized carbons (Fsp3) is 0.786. The van der Waals surface area contributed by atoms with Gasteiger partial charge in [-0.25, -0.2) is 4.98 Å². The van der Waals surface area contributed by atoms with Crippen molar-refractivity contribution < 1.29 is 9.15 Å². The van der Waals surface area contributed by atoms with Gasteiger partial charge in [-0.05, 0) is 33.2 Å². The Hall–Kier alpha value is -0.910. The Labute approximate surface area is 114 Å². The molecule has 2 unspecified atom stereocenters. The number of ether oxygens (including phenoxy) is 1. The maximum Gasteiger partial charge on any atom is 0.208 e. The third-order valence-electron chi connectivity index (χ3n) is 4.18. The van der Waals surface area contributed by atoms with Gasteiger partial charge in [0.25, 0.3) is 0 Å². The van der Waals surface area contributed by atoms with E-state index in [4.69, 9.17) is 9.15 Å². The number of morpholine rings is 1.